The second-order valence-electron chi connectivity index (χ2n) is 0. The van der Waals surface area contributed by atoms with Crippen LogP contribution < -0.4 is 267 Å². The molecule has 0 bridgehead atoms. The predicted molar refractivity (Wildman–Crippen MR) is 0.686 cm³/mol. The van der Waals surface area contributed by atoms with Crippen LogP contribution in [-0.2, 0) is 5.48 Å². The molecule has 0 heterocycles. The van der Waals surface area contributed by atoms with Gasteiger partial charge in [-0.15, -0.1) is 0 Å². The van der Waals surface area contributed by atoms with E-state index in [-0.39, 0.29) is 272 Å². The molecular weight excluding hydrogens is 518 g/mol. The zero-order valence-electron chi connectivity index (χ0n) is 5.16. The molecule has 7 heavy (non-hydrogen) atoms. The Morgan fingerprint density at radius 1 is 0.429 bits per heavy atom. The van der Waals surface area contributed by atoms with Crippen LogP contribution in [0.4, 0.5) is 0 Å². The van der Waals surface area contributed by atoms with Gasteiger partial charge in [-0.05, 0) is 0 Å². The normalized spacial score (nSPS) is 0. The molecule has 0 radical (unpaired) electrons. The van der Waals surface area contributed by atoms with E-state index in [0.29, 0.717) is 0 Å². The summed E-state index contributed by atoms with van der Waals surface area (Å²) in [4.78, 5) is 0. The Morgan fingerprint density at radius 3 is 0.429 bits per heavy atom. The molecule has 0 aromatic carbocycles. The van der Waals surface area contributed by atoms with Gasteiger partial charge in [0, 0.05) is 0 Å². The molecular formula is Br2ORb4. The summed E-state index contributed by atoms with van der Waals surface area (Å²) in [5.74, 6) is 0. The molecule has 0 spiro atoms. The maximum absolute atomic E-state index is 0. The van der Waals surface area contributed by atoms with E-state index >= 15 is 0 Å². The average molecular weight is 518 g/mol. The van der Waals surface area contributed by atoms with Crippen molar-refractivity contribution in [2.24, 2.45) is 0 Å². The van der Waals surface area contributed by atoms with Crippen molar-refractivity contribution in [2.75, 3.05) is 0 Å². The first-order valence-electron chi connectivity index (χ1n) is 0. The summed E-state index contributed by atoms with van der Waals surface area (Å²) >= 11 is 0. The summed E-state index contributed by atoms with van der Waals surface area (Å²) in [6, 6.07) is 0. The molecule has 0 rings (SSSR count). The van der Waals surface area contributed by atoms with Gasteiger partial charge in [-0.3, -0.25) is 0 Å². The third-order valence-electron chi connectivity index (χ3n) is 0. The Labute approximate surface area is 261 Å². The number of halogens is 2. The Kier molecular flexibility index (Phi) is 240. The molecule has 0 saturated heterocycles. The number of hydrogen-bond acceptors (Lipinski definition) is 0. The van der Waals surface area contributed by atoms with Gasteiger partial charge in [-0.1, -0.05) is 0 Å². The molecule has 0 aliphatic carbocycles. The van der Waals surface area contributed by atoms with Crippen LogP contribution in [-0.4, -0.2) is 0 Å². The topological polar surface area (TPSA) is 28.5 Å². The molecule has 7 heteroatoms. The smallest absolute Gasteiger partial charge is 1.00 e. The molecule has 0 N–H and O–H groups in total. The molecule has 0 aromatic heterocycles. The van der Waals surface area contributed by atoms with Gasteiger partial charge in [0.25, 0.3) is 0 Å². The molecule has 0 aliphatic heterocycles. The van der Waals surface area contributed by atoms with Gasteiger partial charge in [-0.25, -0.2) is 0 Å². The minimum absolute atomic E-state index is 0. The summed E-state index contributed by atoms with van der Waals surface area (Å²) in [6.45, 7) is 0. The van der Waals surface area contributed by atoms with Gasteiger partial charge in [0.05, 0.1) is 0 Å². The first-order chi connectivity index (χ1) is 0. The zero-order chi connectivity index (χ0) is 0. The molecule has 0 aliphatic rings. The third-order valence-corrected chi connectivity index (χ3v) is 0. The van der Waals surface area contributed by atoms with Crippen molar-refractivity contribution in [3.8, 4) is 0 Å². The summed E-state index contributed by atoms with van der Waals surface area (Å²) in [5.41, 5.74) is 0. The van der Waals surface area contributed by atoms with E-state index in [1.165, 1.54) is 0 Å². The fraction of sp³-hybridized carbons (Fsp3) is 0. The van der Waals surface area contributed by atoms with Gasteiger partial charge in [0.15, 0.2) is 0 Å². The zero-order valence-corrected chi connectivity index (χ0v) is 28.0. The van der Waals surface area contributed by atoms with Crippen LogP contribution in [0, 0.1) is 0 Å². The van der Waals surface area contributed by atoms with E-state index in [1.807, 2.05) is 0 Å². The van der Waals surface area contributed by atoms with Crippen LogP contribution in [0.25, 0.3) is 0 Å². The number of hydrogen-bond donors (Lipinski definition) is 0. The Bertz CT molecular complexity index is 9.65. The molecule has 0 aromatic rings. The second-order valence-corrected chi connectivity index (χ2v) is 0. The van der Waals surface area contributed by atoms with E-state index in [9.17, 15) is 0 Å². The van der Waals surface area contributed by atoms with Crippen molar-refractivity contribution in [1.82, 2.24) is 0 Å². The van der Waals surface area contributed by atoms with Crippen molar-refractivity contribution in [1.29, 1.82) is 0 Å². The van der Waals surface area contributed by atoms with Gasteiger partial charge in [0.2, 0.25) is 0 Å². The predicted octanol–water partition coefficient (Wildman–Crippen LogP) is -18.1. The molecule has 1 nitrogen and oxygen atoms in total. The van der Waals surface area contributed by atoms with Crippen molar-refractivity contribution < 1.29 is 272 Å². The second kappa shape index (κ2) is 36.8. The van der Waals surface area contributed by atoms with E-state index in [4.69, 9.17) is 0 Å². The van der Waals surface area contributed by atoms with Crippen LogP contribution in [0.1, 0.15) is 0 Å². The Hall–Kier alpha value is 8.14. The molecule has 0 atom stereocenters. The van der Waals surface area contributed by atoms with Gasteiger partial charge in [0.1, 0.15) is 0 Å². The van der Waals surface area contributed by atoms with E-state index in [2.05, 4.69) is 0 Å². The molecule has 0 amide bonds. The van der Waals surface area contributed by atoms with Crippen LogP contribution >= 0.6 is 0 Å². The van der Waals surface area contributed by atoms with E-state index in [0.717, 1.165) is 0 Å². The largest absolute Gasteiger partial charge is 2.00 e. The molecule has 0 saturated carbocycles. The molecule has 24 valence electrons. The molecule has 0 unspecified atom stereocenters. The Balaban J connectivity index is 0. The SMILES string of the molecule is [Br-].[Br-].[O-2].[Rb+].[Rb+].[Rb+].[Rb+]. The first kappa shape index (κ1) is 45.7. The van der Waals surface area contributed by atoms with Crippen molar-refractivity contribution in [3.05, 3.63) is 0 Å². The quantitative estimate of drug-likeness (QED) is 0.306. The fourth-order valence-corrected chi connectivity index (χ4v) is 0. The maximum atomic E-state index is 0. The summed E-state index contributed by atoms with van der Waals surface area (Å²) < 4.78 is 0. The first-order valence-corrected chi connectivity index (χ1v) is 0. The third kappa shape index (κ3) is 31.5. The maximum Gasteiger partial charge on any atom is 1.00 e. The van der Waals surface area contributed by atoms with Crippen LogP contribution in [0.2, 0.25) is 0 Å². The van der Waals surface area contributed by atoms with E-state index < -0.39 is 0 Å². The van der Waals surface area contributed by atoms with E-state index in [1.54, 1.807) is 0 Å². The average Bonchev–Trinajstić information content (AvgIpc) is 0. The molecule has 0 fully saturated rings. The monoisotopic (exact) mass is 513 g/mol. The van der Waals surface area contributed by atoms with Crippen molar-refractivity contribution in [3.63, 3.8) is 0 Å². The van der Waals surface area contributed by atoms with Crippen LogP contribution in [0.5, 0.6) is 0 Å². The summed E-state index contributed by atoms with van der Waals surface area (Å²) in [6.07, 6.45) is 0. The van der Waals surface area contributed by atoms with Gasteiger partial charge < -0.3 is 39.4 Å². The standard InChI is InChI=1S/2BrH.O.4Rb/h2*1H;;;;;/q;;-2;4*+1/p-2. The van der Waals surface area contributed by atoms with Crippen molar-refractivity contribution in [2.45, 2.75) is 0 Å². The van der Waals surface area contributed by atoms with Gasteiger partial charge in [-0.2, -0.15) is 0 Å². The minimum Gasteiger partial charge on any atom is -2.00 e. The van der Waals surface area contributed by atoms with Crippen molar-refractivity contribution >= 4 is 0 Å². The summed E-state index contributed by atoms with van der Waals surface area (Å²) in [5, 5.41) is 0. The van der Waals surface area contributed by atoms with Crippen LogP contribution in [0.3, 0.4) is 0 Å². The fourth-order valence-electron chi connectivity index (χ4n) is 0. The number of rotatable bonds is 0. The van der Waals surface area contributed by atoms with Crippen LogP contribution in [0.15, 0.2) is 0 Å². The minimum atomic E-state index is 0. The summed E-state index contributed by atoms with van der Waals surface area (Å²) in [7, 11) is 0. The Morgan fingerprint density at radius 2 is 0.429 bits per heavy atom. The van der Waals surface area contributed by atoms with Gasteiger partial charge >= 0.3 is 233 Å².